The molecule has 1 aliphatic rings. The molecular weight excluding hydrogens is 409 g/mol. The van der Waals surface area contributed by atoms with Gasteiger partial charge in [-0.2, -0.15) is 0 Å². The van der Waals surface area contributed by atoms with E-state index in [2.05, 4.69) is 10.5 Å². The van der Waals surface area contributed by atoms with Gasteiger partial charge in [-0.05, 0) is 30.3 Å². The molecule has 164 valence electrons. The number of carbonyl (C=O) groups excluding carboxylic acids is 1. The first-order chi connectivity index (χ1) is 15.6. The van der Waals surface area contributed by atoms with Crippen LogP contribution in [0, 0.1) is 5.82 Å². The fourth-order valence-electron chi connectivity index (χ4n) is 3.59. The number of anilines is 1. The number of oxime groups is 1. The summed E-state index contributed by atoms with van der Waals surface area (Å²) in [5.74, 6) is 0.351. The van der Waals surface area contributed by atoms with Crippen molar-refractivity contribution in [1.82, 2.24) is 4.90 Å². The summed E-state index contributed by atoms with van der Waals surface area (Å²) in [4.78, 5) is 20.2. The number of hydrogen-bond donors (Lipinski definition) is 1. The second-order valence-corrected chi connectivity index (χ2v) is 7.44. The lowest BCUT2D eigenvalue weighted by Gasteiger charge is -2.25. The lowest BCUT2D eigenvalue weighted by molar-refractivity contribution is 0.0606. The summed E-state index contributed by atoms with van der Waals surface area (Å²) in [6.07, 6.45) is 0.149. The van der Waals surface area contributed by atoms with E-state index in [1.165, 1.54) is 11.0 Å². The van der Waals surface area contributed by atoms with Gasteiger partial charge in [0.2, 0.25) is 0 Å². The molecule has 6 nitrogen and oxygen atoms in total. The van der Waals surface area contributed by atoms with Gasteiger partial charge in [0.15, 0.2) is 6.10 Å². The third-order valence-corrected chi connectivity index (χ3v) is 5.21. The molecule has 0 saturated heterocycles. The van der Waals surface area contributed by atoms with Crippen LogP contribution < -0.4 is 10.1 Å². The van der Waals surface area contributed by atoms with Crippen molar-refractivity contribution in [3.05, 3.63) is 95.8 Å². The van der Waals surface area contributed by atoms with Gasteiger partial charge in [-0.1, -0.05) is 53.7 Å². The Morgan fingerprint density at radius 3 is 2.59 bits per heavy atom. The molecule has 0 spiro atoms. The van der Waals surface area contributed by atoms with Crippen molar-refractivity contribution in [2.45, 2.75) is 19.1 Å². The molecule has 1 N–H and O–H groups in total. The topological polar surface area (TPSA) is 63.2 Å². The molecule has 0 aliphatic carbocycles. The predicted octanol–water partition coefficient (Wildman–Crippen LogP) is 5.06. The van der Waals surface area contributed by atoms with Gasteiger partial charge in [0, 0.05) is 23.2 Å². The summed E-state index contributed by atoms with van der Waals surface area (Å²) < 4.78 is 19.7. The Kier molecular flexibility index (Phi) is 6.65. The van der Waals surface area contributed by atoms with E-state index < -0.39 is 0 Å². The number of amides is 2. The zero-order valence-electron chi connectivity index (χ0n) is 17.7. The van der Waals surface area contributed by atoms with Crippen LogP contribution >= 0.6 is 0 Å². The van der Waals surface area contributed by atoms with E-state index in [0.29, 0.717) is 23.4 Å². The minimum Gasteiger partial charge on any atom is -0.496 e. The maximum atomic E-state index is 14.3. The number of carbonyl (C=O) groups is 1. The Bertz CT molecular complexity index is 1100. The van der Waals surface area contributed by atoms with Gasteiger partial charge in [-0.25, -0.2) is 9.18 Å². The maximum absolute atomic E-state index is 14.3. The first kappa shape index (κ1) is 21.4. The number of ether oxygens (including phenoxy) is 1. The molecule has 1 aliphatic heterocycles. The summed E-state index contributed by atoms with van der Waals surface area (Å²) in [6.45, 7) is 0.352. The molecule has 4 rings (SSSR count). The smallest absolute Gasteiger partial charge is 0.322 e. The van der Waals surface area contributed by atoms with Crippen LogP contribution in [-0.4, -0.2) is 36.4 Å². The van der Waals surface area contributed by atoms with Crippen LogP contribution in [0.5, 0.6) is 5.75 Å². The average Bonchev–Trinajstić information content (AvgIpc) is 3.29. The number of nitrogens with one attached hydrogen (secondary N) is 1. The average molecular weight is 433 g/mol. The number of urea groups is 1. The van der Waals surface area contributed by atoms with Gasteiger partial charge in [-0.3, -0.25) is 0 Å². The molecule has 0 bridgehead atoms. The van der Waals surface area contributed by atoms with E-state index in [9.17, 15) is 9.18 Å². The van der Waals surface area contributed by atoms with Crippen molar-refractivity contribution >= 4 is 17.4 Å². The summed E-state index contributed by atoms with van der Waals surface area (Å²) in [6, 6.07) is 22.8. The second kappa shape index (κ2) is 9.96. The Hall–Kier alpha value is -3.87. The summed E-state index contributed by atoms with van der Waals surface area (Å²) in [5, 5.41) is 7.09. The van der Waals surface area contributed by atoms with E-state index in [1.54, 1.807) is 37.4 Å². The Labute approximate surface area is 186 Å². The van der Waals surface area contributed by atoms with Gasteiger partial charge in [-0.15, -0.1) is 0 Å². The lowest BCUT2D eigenvalue weighted by Crippen LogP contribution is -2.40. The highest BCUT2D eigenvalue weighted by Crippen LogP contribution is 2.25. The van der Waals surface area contributed by atoms with Crippen molar-refractivity contribution in [1.29, 1.82) is 0 Å². The molecule has 1 atom stereocenters. The van der Waals surface area contributed by atoms with Crippen LogP contribution in [0.1, 0.15) is 17.5 Å². The molecule has 7 heteroatoms. The molecule has 3 aromatic rings. The highest BCUT2D eigenvalue weighted by atomic mass is 19.1. The number of rotatable bonds is 7. The Balaban J connectivity index is 1.49. The maximum Gasteiger partial charge on any atom is 0.322 e. The molecule has 0 aromatic heterocycles. The minimum atomic E-state index is -0.358. The molecule has 0 fully saturated rings. The largest absolute Gasteiger partial charge is 0.496 e. The van der Waals surface area contributed by atoms with Gasteiger partial charge in [0.05, 0.1) is 25.9 Å². The molecule has 32 heavy (non-hydrogen) atoms. The SMILES string of the molecule is COc1ccccc1C1=NOC(CN(Cc2ccccc2F)C(=O)Nc2ccccc2)C1. The standard InChI is InChI=1S/C25H24FN3O3/c1-31-24-14-8-6-12-21(24)23-15-20(32-28-23)17-29(16-18-9-5-7-13-22(18)26)25(30)27-19-10-3-2-4-11-19/h2-14,20H,15-17H2,1H3,(H,27,30). The van der Waals surface area contributed by atoms with Crippen molar-refractivity contribution < 1.29 is 18.8 Å². The van der Waals surface area contributed by atoms with Crippen LogP contribution in [0.2, 0.25) is 0 Å². The summed E-state index contributed by atoms with van der Waals surface area (Å²) in [7, 11) is 1.61. The number of nitrogens with zero attached hydrogens (tertiary/aromatic N) is 2. The normalized spacial score (nSPS) is 14.9. The molecule has 1 unspecified atom stereocenters. The highest BCUT2D eigenvalue weighted by molar-refractivity contribution is 6.03. The van der Waals surface area contributed by atoms with Crippen LogP contribution in [0.3, 0.4) is 0 Å². The van der Waals surface area contributed by atoms with Gasteiger partial charge in [0.1, 0.15) is 11.6 Å². The van der Waals surface area contributed by atoms with Crippen molar-refractivity contribution in [2.75, 3.05) is 19.0 Å². The first-order valence-corrected chi connectivity index (χ1v) is 10.3. The third kappa shape index (κ3) is 5.06. The summed E-state index contributed by atoms with van der Waals surface area (Å²) >= 11 is 0. The van der Waals surface area contributed by atoms with E-state index >= 15 is 0 Å². The van der Waals surface area contributed by atoms with Crippen LogP contribution in [0.15, 0.2) is 84.0 Å². The van der Waals surface area contributed by atoms with Gasteiger partial charge >= 0.3 is 6.03 Å². The van der Waals surface area contributed by atoms with E-state index in [-0.39, 0.29) is 31.0 Å². The van der Waals surface area contributed by atoms with Gasteiger partial charge in [0.25, 0.3) is 0 Å². The van der Waals surface area contributed by atoms with Crippen LogP contribution in [-0.2, 0) is 11.4 Å². The number of para-hydroxylation sites is 2. The van der Waals surface area contributed by atoms with Crippen LogP contribution in [0.25, 0.3) is 0 Å². The number of methoxy groups -OCH3 is 1. The Morgan fingerprint density at radius 1 is 1.09 bits per heavy atom. The molecule has 2 amide bonds. The first-order valence-electron chi connectivity index (χ1n) is 10.3. The van der Waals surface area contributed by atoms with E-state index in [4.69, 9.17) is 9.57 Å². The zero-order chi connectivity index (χ0) is 22.3. The zero-order valence-corrected chi connectivity index (χ0v) is 17.7. The van der Waals surface area contributed by atoms with Crippen molar-refractivity contribution in [3.63, 3.8) is 0 Å². The fraction of sp³-hybridized carbons (Fsp3) is 0.200. The molecular formula is C25H24FN3O3. The predicted molar refractivity (Wildman–Crippen MR) is 121 cm³/mol. The Morgan fingerprint density at radius 2 is 1.81 bits per heavy atom. The minimum absolute atomic E-state index is 0.106. The fourth-order valence-corrected chi connectivity index (χ4v) is 3.59. The number of hydrogen-bond acceptors (Lipinski definition) is 4. The number of halogens is 1. The quantitative estimate of drug-likeness (QED) is 0.566. The second-order valence-electron chi connectivity index (χ2n) is 7.44. The summed E-state index contributed by atoms with van der Waals surface area (Å²) in [5.41, 5.74) is 2.70. The monoisotopic (exact) mass is 433 g/mol. The molecule has 3 aromatic carbocycles. The van der Waals surface area contributed by atoms with E-state index in [1.807, 2.05) is 42.5 Å². The van der Waals surface area contributed by atoms with Crippen molar-refractivity contribution in [2.24, 2.45) is 5.16 Å². The molecule has 0 radical (unpaired) electrons. The molecule has 1 heterocycles. The van der Waals surface area contributed by atoms with Crippen molar-refractivity contribution in [3.8, 4) is 5.75 Å². The van der Waals surface area contributed by atoms with Crippen LogP contribution in [0.4, 0.5) is 14.9 Å². The van der Waals surface area contributed by atoms with Gasteiger partial charge < -0.3 is 19.8 Å². The van der Waals surface area contributed by atoms with E-state index in [0.717, 1.165) is 11.3 Å². The number of benzene rings is 3. The third-order valence-electron chi connectivity index (χ3n) is 5.21. The molecule has 0 saturated carbocycles. The lowest BCUT2D eigenvalue weighted by atomic mass is 10.0. The highest BCUT2D eigenvalue weighted by Gasteiger charge is 2.28.